The molecule has 4 heterocycles. The van der Waals surface area contributed by atoms with E-state index in [1.165, 1.54) is 6.07 Å². The number of halogens is 1. The average molecular weight is 358 g/mol. The maximum absolute atomic E-state index is 12.9. The van der Waals surface area contributed by atoms with Gasteiger partial charge in [0.15, 0.2) is 0 Å². The van der Waals surface area contributed by atoms with E-state index in [9.17, 15) is 9.18 Å². The molecule has 0 N–H and O–H groups in total. The first kappa shape index (κ1) is 15.9. The van der Waals surface area contributed by atoms with Gasteiger partial charge in [0.2, 0.25) is 17.7 Å². The van der Waals surface area contributed by atoms with Gasteiger partial charge in [-0.15, -0.1) is 10.2 Å². The minimum absolute atomic E-state index is 0.00130. The average Bonchev–Trinajstić information content (AvgIpc) is 3.05. The van der Waals surface area contributed by atoms with Crippen LogP contribution in [0.2, 0.25) is 0 Å². The van der Waals surface area contributed by atoms with E-state index in [4.69, 9.17) is 9.15 Å². The van der Waals surface area contributed by atoms with Crippen LogP contribution in [0.3, 0.4) is 0 Å². The summed E-state index contributed by atoms with van der Waals surface area (Å²) in [5.74, 6) is 1.60. The summed E-state index contributed by atoms with van der Waals surface area (Å²) >= 11 is 0. The first-order valence-corrected chi connectivity index (χ1v) is 9.02. The fraction of sp³-hybridized carbons (Fsp3) is 0.556. The smallest absolute Gasteiger partial charge is 0.245 e. The Kier molecular flexibility index (Phi) is 3.74. The molecule has 2 aromatic rings. The lowest BCUT2D eigenvalue weighted by atomic mass is 10.0. The van der Waals surface area contributed by atoms with Gasteiger partial charge < -0.3 is 14.1 Å². The second-order valence-electron chi connectivity index (χ2n) is 7.36. The largest absolute Gasteiger partial charge is 0.422 e. The van der Waals surface area contributed by atoms with Gasteiger partial charge in [0.1, 0.15) is 11.9 Å². The van der Waals surface area contributed by atoms with Gasteiger partial charge in [0.25, 0.3) is 0 Å². The molecule has 1 saturated carbocycles. The van der Waals surface area contributed by atoms with Crippen molar-refractivity contribution >= 4 is 5.91 Å². The molecule has 8 heteroatoms. The molecule has 0 unspecified atom stereocenters. The topological polar surface area (TPSA) is 81.4 Å². The van der Waals surface area contributed by atoms with Crippen molar-refractivity contribution in [2.45, 2.75) is 43.8 Å². The molecule has 0 spiro atoms. The molecule has 3 fully saturated rings. The zero-order chi connectivity index (χ0) is 17.7. The van der Waals surface area contributed by atoms with E-state index in [0.717, 1.165) is 31.4 Å². The van der Waals surface area contributed by atoms with E-state index >= 15 is 0 Å². The summed E-state index contributed by atoms with van der Waals surface area (Å²) in [5.41, 5.74) is 0.575. The van der Waals surface area contributed by atoms with Crippen LogP contribution in [0.4, 0.5) is 4.39 Å². The minimum atomic E-state index is -0.401. The first-order chi connectivity index (χ1) is 12.7. The van der Waals surface area contributed by atoms with Gasteiger partial charge in [-0.1, -0.05) is 0 Å². The molecule has 136 valence electrons. The molecule has 2 aliphatic heterocycles. The number of carbonyl (C=O) groups is 1. The third-order valence-electron chi connectivity index (χ3n) is 5.37. The second-order valence-corrected chi connectivity index (χ2v) is 7.36. The summed E-state index contributed by atoms with van der Waals surface area (Å²) in [6.45, 7) is 1.22. The Labute approximate surface area is 149 Å². The molecule has 1 aliphatic carbocycles. The highest BCUT2D eigenvalue weighted by Crippen LogP contribution is 2.43. The highest BCUT2D eigenvalue weighted by Gasteiger charge is 2.45. The maximum atomic E-state index is 12.9. The molecule has 1 amide bonds. The fourth-order valence-corrected chi connectivity index (χ4v) is 3.78. The van der Waals surface area contributed by atoms with E-state index in [2.05, 4.69) is 15.2 Å². The van der Waals surface area contributed by atoms with Gasteiger partial charge in [-0.3, -0.25) is 9.78 Å². The molecule has 2 saturated heterocycles. The van der Waals surface area contributed by atoms with Crippen molar-refractivity contribution in [2.75, 3.05) is 13.1 Å². The SMILES string of the molecule is O=C(Cc1ccc(F)cn1)N1C[C@@H]2C[C@@H](c3nnc(C4CC4)o3)O[C@@H]2C1. The van der Waals surface area contributed by atoms with Crippen LogP contribution >= 0.6 is 0 Å². The number of aromatic nitrogens is 3. The van der Waals surface area contributed by atoms with Gasteiger partial charge in [0.05, 0.1) is 18.7 Å². The standard InChI is InChI=1S/C18H19FN4O3/c19-12-3-4-13(20-7-12)6-16(24)23-8-11-5-14(25-15(11)9-23)18-22-21-17(26-18)10-1-2-10/h3-4,7,10-11,14-15H,1-2,5-6,8-9H2/t11-,14-,15+/m0/s1. The highest BCUT2D eigenvalue weighted by atomic mass is 19.1. The maximum Gasteiger partial charge on any atom is 0.245 e. The zero-order valence-electron chi connectivity index (χ0n) is 14.2. The number of rotatable bonds is 4. The number of fused-ring (bicyclic) bond motifs is 1. The minimum Gasteiger partial charge on any atom is -0.422 e. The summed E-state index contributed by atoms with van der Waals surface area (Å²) < 4.78 is 24.7. The number of ether oxygens (including phenoxy) is 1. The summed E-state index contributed by atoms with van der Waals surface area (Å²) in [6.07, 6.45) is 4.18. The Bertz CT molecular complexity index is 806. The van der Waals surface area contributed by atoms with Crippen LogP contribution in [-0.4, -0.2) is 45.2 Å². The van der Waals surface area contributed by atoms with Crippen LogP contribution < -0.4 is 0 Å². The molecule has 3 atom stereocenters. The molecular weight excluding hydrogens is 339 g/mol. The Balaban J connectivity index is 1.18. The summed E-state index contributed by atoms with van der Waals surface area (Å²) in [5, 5.41) is 8.26. The van der Waals surface area contributed by atoms with Crippen LogP contribution in [0.25, 0.3) is 0 Å². The molecule has 26 heavy (non-hydrogen) atoms. The van der Waals surface area contributed by atoms with E-state index < -0.39 is 5.82 Å². The molecule has 0 aromatic carbocycles. The molecule has 7 nitrogen and oxygen atoms in total. The highest BCUT2D eigenvalue weighted by molar-refractivity contribution is 5.78. The van der Waals surface area contributed by atoms with E-state index in [1.807, 2.05) is 0 Å². The summed E-state index contributed by atoms with van der Waals surface area (Å²) in [6, 6.07) is 2.87. The van der Waals surface area contributed by atoms with Gasteiger partial charge in [-0.05, 0) is 31.4 Å². The molecule has 2 aromatic heterocycles. The number of pyridine rings is 1. The van der Waals surface area contributed by atoms with Crippen LogP contribution in [0.1, 0.15) is 48.8 Å². The zero-order valence-corrected chi connectivity index (χ0v) is 14.2. The number of likely N-dealkylation sites (tertiary alicyclic amines) is 1. The third kappa shape index (κ3) is 2.98. The predicted octanol–water partition coefficient (Wildman–Crippen LogP) is 2.01. The van der Waals surface area contributed by atoms with E-state index in [1.54, 1.807) is 11.0 Å². The van der Waals surface area contributed by atoms with Crippen molar-refractivity contribution in [3.05, 3.63) is 41.6 Å². The number of nitrogens with zero attached hydrogens (tertiary/aromatic N) is 4. The third-order valence-corrected chi connectivity index (χ3v) is 5.37. The van der Waals surface area contributed by atoms with Crippen LogP contribution in [0.15, 0.2) is 22.7 Å². The van der Waals surface area contributed by atoms with Crippen LogP contribution in [0, 0.1) is 11.7 Å². The Hall–Kier alpha value is -2.35. The van der Waals surface area contributed by atoms with Crippen LogP contribution in [0.5, 0.6) is 0 Å². The number of hydrogen-bond acceptors (Lipinski definition) is 6. The van der Waals surface area contributed by atoms with Gasteiger partial charge in [0, 0.05) is 30.6 Å². The quantitative estimate of drug-likeness (QED) is 0.832. The normalized spacial score (nSPS) is 27.7. The van der Waals surface area contributed by atoms with Crippen molar-refractivity contribution < 1.29 is 18.3 Å². The molecule has 0 radical (unpaired) electrons. The lowest BCUT2D eigenvalue weighted by molar-refractivity contribution is -0.130. The molecule has 0 bridgehead atoms. The Morgan fingerprint density at radius 3 is 2.81 bits per heavy atom. The number of hydrogen-bond donors (Lipinski definition) is 0. The van der Waals surface area contributed by atoms with Crippen molar-refractivity contribution in [3.8, 4) is 0 Å². The van der Waals surface area contributed by atoms with Crippen molar-refractivity contribution in [1.29, 1.82) is 0 Å². The van der Waals surface area contributed by atoms with Gasteiger partial charge in [-0.2, -0.15) is 0 Å². The Morgan fingerprint density at radius 1 is 1.23 bits per heavy atom. The monoisotopic (exact) mass is 358 g/mol. The van der Waals surface area contributed by atoms with Gasteiger partial charge >= 0.3 is 0 Å². The molecular formula is C18H19FN4O3. The molecule has 5 rings (SSSR count). The molecule has 3 aliphatic rings. The van der Waals surface area contributed by atoms with E-state index in [-0.39, 0.29) is 30.5 Å². The summed E-state index contributed by atoms with van der Waals surface area (Å²) in [7, 11) is 0. The predicted molar refractivity (Wildman–Crippen MR) is 86.5 cm³/mol. The summed E-state index contributed by atoms with van der Waals surface area (Å²) in [4.78, 5) is 18.2. The van der Waals surface area contributed by atoms with Crippen LogP contribution in [-0.2, 0) is 16.0 Å². The Morgan fingerprint density at radius 2 is 2.08 bits per heavy atom. The van der Waals surface area contributed by atoms with E-state index in [0.29, 0.717) is 30.6 Å². The first-order valence-electron chi connectivity index (χ1n) is 9.02. The number of carbonyl (C=O) groups excluding carboxylic acids is 1. The number of amides is 1. The van der Waals surface area contributed by atoms with Crippen molar-refractivity contribution in [3.63, 3.8) is 0 Å². The second kappa shape index (κ2) is 6.12. The van der Waals surface area contributed by atoms with Crippen molar-refractivity contribution in [1.82, 2.24) is 20.1 Å². The van der Waals surface area contributed by atoms with Gasteiger partial charge in [-0.25, -0.2) is 4.39 Å². The lowest BCUT2D eigenvalue weighted by Gasteiger charge is -2.18. The van der Waals surface area contributed by atoms with Crippen molar-refractivity contribution in [2.24, 2.45) is 5.92 Å². The fourth-order valence-electron chi connectivity index (χ4n) is 3.78. The lowest BCUT2D eigenvalue weighted by Crippen LogP contribution is -2.32.